The molecule has 7 atom stereocenters. The van der Waals surface area contributed by atoms with Crippen LogP contribution in [-0.2, 0) is 14.3 Å². The van der Waals surface area contributed by atoms with Crippen molar-refractivity contribution in [2.24, 2.45) is 0 Å². The Kier molecular flexibility index (Phi) is 66.4. The number of amides is 1. The van der Waals surface area contributed by atoms with E-state index in [0.717, 1.165) is 38.5 Å². The van der Waals surface area contributed by atoms with E-state index < -0.39 is 49.5 Å². The fourth-order valence-corrected chi connectivity index (χ4v) is 13.4. The van der Waals surface area contributed by atoms with Crippen LogP contribution in [0.2, 0.25) is 0 Å². The molecular formula is C79H155NO8. The van der Waals surface area contributed by atoms with E-state index >= 15 is 0 Å². The van der Waals surface area contributed by atoms with Gasteiger partial charge in [-0.2, -0.15) is 0 Å². The zero-order valence-corrected chi connectivity index (χ0v) is 59.0. The topological polar surface area (TPSA) is 149 Å². The Hall–Kier alpha value is -1.07. The molecule has 0 radical (unpaired) electrons. The van der Waals surface area contributed by atoms with Gasteiger partial charge in [-0.15, -0.1) is 0 Å². The van der Waals surface area contributed by atoms with Crippen LogP contribution in [0.4, 0.5) is 0 Å². The van der Waals surface area contributed by atoms with Crippen LogP contribution in [0.3, 0.4) is 0 Å². The third-order valence-corrected chi connectivity index (χ3v) is 19.6. The Morgan fingerprint density at radius 2 is 0.636 bits per heavy atom. The van der Waals surface area contributed by atoms with E-state index in [1.165, 1.54) is 366 Å². The van der Waals surface area contributed by atoms with Gasteiger partial charge in [-0.05, 0) is 38.5 Å². The van der Waals surface area contributed by atoms with Crippen LogP contribution in [-0.4, -0.2) is 87.5 Å². The van der Waals surface area contributed by atoms with E-state index in [1.807, 2.05) is 0 Å². The van der Waals surface area contributed by atoms with Gasteiger partial charge in [0.1, 0.15) is 24.4 Å². The van der Waals surface area contributed by atoms with Crippen LogP contribution in [0, 0.1) is 0 Å². The molecule has 7 unspecified atom stereocenters. The van der Waals surface area contributed by atoms with Crippen molar-refractivity contribution >= 4 is 5.91 Å². The minimum absolute atomic E-state index is 0.131. The Morgan fingerprint density at radius 3 is 0.920 bits per heavy atom. The standard InChI is InChI=1S/C79H155NO8/c1-3-5-7-9-11-13-15-17-19-21-23-25-27-29-30-31-32-33-34-35-36-37-38-39-40-41-42-43-44-45-47-49-51-53-55-57-59-61-63-65-67-69-75(83)80-72(71-87-79-78(86)77(85)76(84)74(70-81)88-79)73(82)68-66-64-62-60-58-56-54-52-50-48-46-28-26-24-22-20-18-16-14-12-10-8-6-4-2/h21,23,72-74,76-79,81-82,84-86H,3-20,22,24-71H2,1-2H3,(H,80,83)/b23-21-. The number of nitrogens with one attached hydrogen (secondary N) is 1. The molecule has 0 bridgehead atoms. The zero-order valence-electron chi connectivity index (χ0n) is 59.0. The van der Waals surface area contributed by atoms with Crippen molar-refractivity contribution in [3.05, 3.63) is 12.2 Å². The molecule has 0 aromatic rings. The fraction of sp³-hybridized carbons (Fsp3) is 0.962. The molecular weight excluding hydrogens is 1090 g/mol. The first-order valence-corrected chi connectivity index (χ1v) is 39.9. The van der Waals surface area contributed by atoms with Gasteiger partial charge < -0.3 is 40.3 Å². The summed E-state index contributed by atoms with van der Waals surface area (Å²) in [6.45, 7) is 3.91. The number of unbranched alkanes of at least 4 members (excludes halogenated alkanes) is 60. The number of hydrogen-bond acceptors (Lipinski definition) is 8. The summed E-state index contributed by atoms with van der Waals surface area (Å²) in [6, 6.07) is -0.717. The van der Waals surface area contributed by atoms with Crippen LogP contribution in [0.15, 0.2) is 12.2 Å². The minimum atomic E-state index is -1.55. The summed E-state index contributed by atoms with van der Waals surface area (Å²) in [7, 11) is 0. The molecule has 1 saturated heterocycles. The van der Waals surface area contributed by atoms with Gasteiger partial charge in [-0.3, -0.25) is 4.79 Å². The van der Waals surface area contributed by atoms with E-state index in [1.54, 1.807) is 0 Å². The molecule has 1 aliphatic heterocycles. The zero-order chi connectivity index (χ0) is 63.5. The minimum Gasteiger partial charge on any atom is -0.394 e. The average molecular weight is 1250 g/mol. The van der Waals surface area contributed by atoms with Crippen molar-refractivity contribution in [2.75, 3.05) is 13.2 Å². The summed E-state index contributed by atoms with van der Waals surface area (Å²) in [5, 5.41) is 55.0. The highest BCUT2D eigenvalue weighted by atomic mass is 16.7. The number of aliphatic hydroxyl groups is 5. The van der Waals surface area contributed by atoms with E-state index in [9.17, 15) is 30.3 Å². The average Bonchev–Trinajstić information content (AvgIpc) is 3.31. The van der Waals surface area contributed by atoms with Crippen LogP contribution in [0.1, 0.15) is 431 Å². The number of rotatable bonds is 72. The smallest absolute Gasteiger partial charge is 0.220 e. The summed E-state index contributed by atoms with van der Waals surface area (Å²) in [4.78, 5) is 13.2. The maximum absolute atomic E-state index is 13.2. The van der Waals surface area contributed by atoms with Gasteiger partial charge in [0.25, 0.3) is 0 Å². The van der Waals surface area contributed by atoms with Crippen molar-refractivity contribution in [3.8, 4) is 0 Å². The largest absolute Gasteiger partial charge is 0.394 e. The molecule has 0 aromatic heterocycles. The van der Waals surface area contributed by atoms with Crippen LogP contribution < -0.4 is 5.32 Å². The lowest BCUT2D eigenvalue weighted by molar-refractivity contribution is -0.302. The lowest BCUT2D eigenvalue weighted by Crippen LogP contribution is -2.60. The van der Waals surface area contributed by atoms with E-state index in [4.69, 9.17) is 9.47 Å². The van der Waals surface area contributed by atoms with Crippen molar-refractivity contribution in [2.45, 2.75) is 474 Å². The second kappa shape index (κ2) is 68.8. The molecule has 0 saturated carbocycles. The Morgan fingerprint density at radius 1 is 0.375 bits per heavy atom. The molecule has 6 N–H and O–H groups in total. The van der Waals surface area contributed by atoms with Gasteiger partial charge in [-0.25, -0.2) is 0 Å². The number of ether oxygens (including phenoxy) is 2. The molecule has 9 heteroatoms. The molecule has 9 nitrogen and oxygen atoms in total. The molecule has 1 fully saturated rings. The monoisotopic (exact) mass is 1250 g/mol. The van der Waals surface area contributed by atoms with Gasteiger partial charge >= 0.3 is 0 Å². The van der Waals surface area contributed by atoms with Crippen molar-refractivity contribution in [1.29, 1.82) is 0 Å². The summed E-state index contributed by atoms with van der Waals surface area (Å²) < 4.78 is 11.4. The highest BCUT2D eigenvalue weighted by Gasteiger charge is 2.44. The van der Waals surface area contributed by atoms with Crippen molar-refractivity contribution in [3.63, 3.8) is 0 Å². The molecule has 1 heterocycles. The molecule has 1 rings (SSSR count). The number of carbonyl (C=O) groups is 1. The van der Waals surface area contributed by atoms with Gasteiger partial charge in [0, 0.05) is 6.42 Å². The van der Waals surface area contributed by atoms with Gasteiger partial charge in [0.2, 0.25) is 5.91 Å². The predicted molar refractivity (Wildman–Crippen MR) is 378 cm³/mol. The fourth-order valence-electron chi connectivity index (χ4n) is 13.4. The lowest BCUT2D eigenvalue weighted by Gasteiger charge is -2.40. The molecule has 524 valence electrons. The maximum atomic E-state index is 13.2. The Labute approximate surface area is 547 Å². The second-order valence-corrected chi connectivity index (χ2v) is 28.2. The summed E-state index contributed by atoms with van der Waals surface area (Å²) in [5.74, 6) is -0.133. The van der Waals surface area contributed by atoms with Crippen LogP contribution >= 0.6 is 0 Å². The molecule has 0 spiro atoms. The van der Waals surface area contributed by atoms with Crippen LogP contribution in [0.5, 0.6) is 0 Å². The van der Waals surface area contributed by atoms with Gasteiger partial charge in [0.05, 0.1) is 25.4 Å². The normalized spacial score (nSPS) is 17.8. The van der Waals surface area contributed by atoms with E-state index in [0.29, 0.717) is 12.8 Å². The summed E-state index contributed by atoms with van der Waals surface area (Å²) in [6.07, 6.45) is 83.3. The molecule has 0 aliphatic carbocycles. The SMILES string of the molecule is CCCCCCCCCC/C=C\CCCCCCCCCCCCCCCCCCCCCCCCCCCCCCCC(=O)NC(COC1OC(CO)C(O)C(O)C1O)C(O)CCCCCCCCCCCCCCCCCCCCCCCCCC. The third-order valence-electron chi connectivity index (χ3n) is 19.6. The van der Waals surface area contributed by atoms with Crippen molar-refractivity contribution in [1.82, 2.24) is 5.32 Å². The number of allylic oxidation sites excluding steroid dienone is 2. The molecule has 88 heavy (non-hydrogen) atoms. The highest BCUT2D eigenvalue weighted by Crippen LogP contribution is 2.24. The summed E-state index contributed by atoms with van der Waals surface area (Å²) >= 11 is 0. The second-order valence-electron chi connectivity index (χ2n) is 28.2. The molecule has 0 aromatic carbocycles. The Bertz CT molecular complexity index is 1400. The van der Waals surface area contributed by atoms with Crippen LogP contribution in [0.25, 0.3) is 0 Å². The Balaban J connectivity index is 2.01. The van der Waals surface area contributed by atoms with Gasteiger partial charge in [-0.1, -0.05) is 398 Å². The third kappa shape index (κ3) is 56.5. The van der Waals surface area contributed by atoms with E-state index in [-0.39, 0.29) is 12.5 Å². The quantitative estimate of drug-likeness (QED) is 0.0261. The number of carbonyl (C=O) groups excluding carboxylic acids is 1. The molecule has 1 amide bonds. The van der Waals surface area contributed by atoms with Crippen molar-refractivity contribution < 1.29 is 39.8 Å². The van der Waals surface area contributed by atoms with Gasteiger partial charge in [0.15, 0.2) is 6.29 Å². The predicted octanol–water partition coefficient (Wildman–Crippen LogP) is 22.6. The molecule has 1 aliphatic rings. The maximum Gasteiger partial charge on any atom is 0.220 e. The number of hydrogen-bond donors (Lipinski definition) is 6. The summed E-state index contributed by atoms with van der Waals surface area (Å²) in [5.41, 5.74) is 0. The van der Waals surface area contributed by atoms with E-state index in [2.05, 4.69) is 31.3 Å². The number of aliphatic hydroxyl groups excluding tert-OH is 5. The first-order chi connectivity index (χ1) is 43.3. The lowest BCUT2D eigenvalue weighted by atomic mass is 9.99. The first-order valence-electron chi connectivity index (χ1n) is 39.9. The first kappa shape index (κ1) is 84.9. The highest BCUT2D eigenvalue weighted by molar-refractivity contribution is 5.76.